The lowest BCUT2D eigenvalue weighted by Gasteiger charge is -2.13. The van der Waals surface area contributed by atoms with Crippen molar-refractivity contribution in [2.45, 2.75) is 33.3 Å². The number of carbonyl (C=O) groups is 2. The van der Waals surface area contributed by atoms with E-state index in [1.807, 2.05) is 13.8 Å². The molecule has 1 rings (SSSR count). The first kappa shape index (κ1) is 17.1. The lowest BCUT2D eigenvalue weighted by Crippen LogP contribution is -2.40. The molecular weight excluding hydrogens is 275 g/mol. The first-order chi connectivity index (χ1) is 9.79. The van der Waals surface area contributed by atoms with Gasteiger partial charge in [-0.3, -0.25) is 9.59 Å². The van der Waals surface area contributed by atoms with Gasteiger partial charge in [0.25, 0.3) is 0 Å². The predicted molar refractivity (Wildman–Crippen MR) is 78.2 cm³/mol. The molecule has 2 amide bonds. The van der Waals surface area contributed by atoms with E-state index < -0.39 is 23.7 Å². The summed E-state index contributed by atoms with van der Waals surface area (Å²) in [5.74, 6) is -2.18. The molecule has 0 aromatic heterocycles. The van der Waals surface area contributed by atoms with Gasteiger partial charge in [0, 0.05) is 6.54 Å². The summed E-state index contributed by atoms with van der Waals surface area (Å²) in [6, 6.07) is 4.28. The van der Waals surface area contributed by atoms with Crippen molar-refractivity contribution >= 4 is 17.5 Å². The molecule has 0 spiro atoms. The number of benzene rings is 1. The second-order valence-electron chi connectivity index (χ2n) is 5.43. The third-order valence-corrected chi connectivity index (χ3v) is 2.82. The second kappa shape index (κ2) is 7.73. The number of carbonyl (C=O) groups excluding carboxylic acids is 2. The molecule has 0 saturated carbocycles. The Kier molecular flexibility index (Phi) is 6.30. The Labute approximate surface area is 123 Å². The number of aliphatic hydroxyl groups excluding tert-OH is 1. The lowest BCUT2D eigenvalue weighted by molar-refractivity contribution is -0.136. The molecule has 0 heterocycles. The number of aryl methyl sites for hydroxylation is 1. The van der Waals surface area contributed by atoms with Crippen LogP contribution in [0.1, 0.15) is 25.8 Å². The molecule has 0 aliphatic rings. The first-order valence-corrected chi connectivity index (χ1v) is 6.83. The van der Waals surface area contributed by atoms with Crippen molar-refractivity contribution < 1.29 is 19.1 Å². The van der Waals surface area contributed by atoms with Gasteiger partial charge in [-0.05, 0) is 37.0 Å². The summed E-state index contributed by atoms with van der Waals surface area (Å²) in [4.78, 5) is 23.2. The molecule has 0 fully saturated rings. The van der Waals surface area contributed by atoms with Gasteiger partial charge in [-0.25, -0.2) is 4.39 Å². The Morgan fingerprint density at radius 3 is 2.52 bits per heavy atom. The molecule has 1 unspecified atom stereocenters. The summed E-state index contributed by atoms with van der Waals surface area (Å²) >= 11 is 0. The Hall–Kier alpha value is -1.95. The first-order valence-electron chi connectivity index (χ1n) is 6.83. The molecule has 21 heavy (non-hydrogen) atoms. The fraction of sp³-hybridized carbons (Fsp3) is 0.467. The molecule has 1 aromatic carbocycles. The molecule has 3 N–H and O–H groups in total. The van der Waals surface area contributed by atoms with Crippen LogP contribution in [0.25, 0.3) is 0 Å². The van der Waals surface area contributed by atoms with Crippen molar-refractivity contribution in [3.63, 3.8) is 0 Å². The minimum Gasteiger partial charge on any atom is -0.391 e. The highest BCUT2D eigenvalue weighted by Crippen LogP contribution is 2.14. The van der Waals surface area contributed by atoms with Gasteiger partial charge in [-0.15, -0.1) is 0 Å². The number of aliphatic hydroxyl groups is 1. The SMILES string of the molecule is Cc1ccc(NC(=O)C(=O)NCC(O)CC(C)C)c(F)c1. The molecule has 116 valence electrons. The molecule has 6 heteroatoms. The maximum absolute atomic E-state index is 13.5. The van der Waals surface area contributed by atoms with E-state index in [0.29, 0.717) is 12.0 Å². The minimum absolute atomic E-state index is 0.0131. The fourth-order valence-corrected chi connectivity index (χ4v) is 1.82. The van der Waals surface area contributed by atoms with Crippen LogP contribution in [-0.2, 0) is 9.59 Å². The van der Waals surface area contributed by atoms with Gasteiger partial charge in [-0.1, -0.05) is 19.9 Å². The van der Waals surface area contributed by atoms with Crippen LogP contribution in [0.2, 0.25) is 0 Å². The lowest BCUT2D eigenvalue weighted by atomic mass is 10.1. The van der Waals surface area contributed by atoms with Crippen LogP contribution in [0.4, 0.5) is 10.1 Å². The normalized spacial score (nSPS) is 12.1. The molecule has 0 aliphatic heterocycles. The van der Waals surface area contributed by atoms with Gasteiger partial charge in [0.2, 0.25) is 0 Å². The number of halogens is 1. The zero-order valence-electron chi connectivity index (χ0n) is 12.4. The Balaban J connectivity index is 2.49. The van der Waals surface area contributed by atoms with E-state index in [9.17, 15) is 19.1 Å². The van der Waals surface area contributed by atoms with Crippen molar-refractivity contribution in [1.82, 2.24) is 5.32 Å². The quantitative estimate of drug-likeness (QED) is 0.722. The van der Waals surface area contributed by atoms with Crippen LogP contribution < -0.4 is 10.6 Å². The van der Waals surface area contributed by atoms with Crippen LogP contribution >= 0.6 is 0 Å². The van der Waals surface area contributed by atoms with Gasteiger partial charge in [0.1, 0.15) is 5.82 Å². The second-order valence-corrected chi connectivity index (χ2v) is 5.43. The highest BCUT2D eigenvalue weighted by molar-refractivity contribution is 6.39. The largest absolute Gasteiger partial charge is 0.391 e. The van der Waals surface area contributed by atoms with E-state index in [4.69, 9.17) is 0 Å². The number of hydrogen-bond acceptors (Lipinski definition) is 3. The summed E-state index contributed by atoms with van der Waals surface area (Å²) in [5, 5.41) is 14.1. The molecule has 1 atom stereocenters. The number of hydrogen-bond donors (Lipinski definition) is 3. The Bertz CT molecular complexity index is 518. The fourth-order valence-electron chi connectivity index (χ4n) is 1.82. The van der Waals surface area contributed by atoms with E-state index >= 15 is 0 Å². The van der Waals surface area contributed by atoms with E-state index in [-0.39, 0.29) is 18.2 Å². The Morgan fingerprint density at radius 2 is 1.95 bits per heavy atom. The van der Waals surface area contributed by atoms with E-state index in [0.717, 1.165) is 0 Å². The van der Waals surface area contributed by atoms with Gasteiger partial charge in [-0.2, -0.15) is 0 Å². The predicted octanol–water partition coefficient (Wildman–Crippen LogP) is 1.60. The number of amides is 2. The summed E-state index contributed by atoms with van der Waals surface area (Å²) in [7, 11) is 0. The van der Waals surface area contributed by atoms with Gasteiger partial charge >= 0.3 is 11.8 Å². The third-order valence-electron chi connectivity index (χ3n) is 2.82. The van der Waals surface area contributed by atoms with Crippen LogP contribution in [0.3, 0.4) is 0 Å². The van der Waals surface area contributed by atoms with Gasteiger partial charge in [0.05, 0.1) is 11.8 Å². The average molecular weight is 296 g/mol. The third kappa shape index (κ3) is 5.91. The summed E-state index contributed by atoms with van der Waals surface area (Å²) in [6.07, 6.45) is -0.188. The van der Waals surface area contributed by atoms with Crippen LogP contribution in [0.15, 0.2) is 18.2 Å². The number of anilines is 1. The maximum Gasteiger partial charge on any atom is 0.313 e. The molecule has 0 radical (unpaired) electrons. The van der Waals surface area contributed by atoms with Crippen molar-refractivity contribution in [2.75, 3.05) is 11.9 Å². The topological polar surface area (TPSA) is 78.4 Å². The number of nitrogens with one attached hydrogen (secondary N) is 2. The zero-order valence-corrected chi connectivity index (χ0v) is 12.4. The average Bonchev–Trinajstić information content (AvgIpc) is 2.38. The summed E-state index contributed by atoms with van der Waals surface area (Å²) < 4.78 is 13.5. The van der Waals surface area contributed by atoms with E-state index in [1.54, 1.807) is 13.0 Å². The van der Waals surface area contributed by atoms with Crippen molar-refractivity contribution in [3.8, 4) is 0 Å². The summed E-state index contributed by atoms with van der Waals surface area (Å²) in [6.45, 7) is 5.59. The van der Waals surface area contributed by atoms with Crippen molar-refractivity contribution in [1.29, 1.82) is 0 Å². The Morgan fingerprint density at radius 1 is 1.29 bits per heavy atom. The van der Waals surface area contributed by atoms with Crippen LogP contribution in [0, 0.1) is 18.7 Å². The minimum atomic E-state index is -0.963. The summed E-state index contributed by atoms with van der Waals surface area (Å²) in [5.41, 5.74) is 0.662. The van der Waals surface area contributed by atoms with Crippen LogP contribution in [-0.4, -0.2) is 29.6 Å². The van der Waals surface area contributed by atoms with Gasteiger partial charge < -0.3 is 15.7 Å². The standard InChI is InChI=1S/C15H21FN2O3/c1-9(2)6-11(19)8-17-14(20)15(21)18-13-5-4-10(3)7-12(13)16/h4-5,7,9,11,19H,6,8H2,1-3H3,(H,17,20)(H,18,21). The van der Waals surface area contributed by atoms with Crippen LogP contribution in [0.5, 0.6) is 0 Å². The van der Waals surface area contributed by atoms with Crippen molar-refractivity contribution in [2.24, 2.45) is 5.92 Å². The highest BCUT2D eigenvalue weighted by Gasteiger charge is 2.17. The molecule has 0 aliphatic carbocycles. The van der Waals surface area contributed by atoms with E-state index in [1.165, 1.54) is 12.1 Å². The molecule has 1 aromatic rings. The van der Waals surface area contributed by atoms with E-state index in [2.05, 4.69) is 10.6 Å². The monoisotopic (exact) mass is 296 g/mol. The molecule has 5 nitrogen and oxygen atoms in total. The molecule has 0 saturated heterocycles. The van der Waals surface area contributed by atoms with Crippen molar-refractivity contribution in [3.05, 3.63) is 29.6 Å². The maximum atomic E-state index is 13.5. The zero-order chi connectivity index (χ0) is 16.0. The highest BCUT2D eigenvalue weighted by atomic mass is 19.1. The molecule has 0 bridgehead atoms. The van der Waals surface area contributed by atoms with Gasteiger partial charge in [0.15, 0.2) is 0 Å². The smallest absolute Gasteiger partial charge is 0.313 e. The number of rotatable bonds is 5. The molecular formula is C15H21FN2O3.